The van der Waals surface area contributed by atoms with Crippen molar-refractivity contribution in [2.45, 2.75) is 0 Å². The molecular weight excluding hydrogens is 442 g/mol. The lowest BCUT2D eigenvalue weighted by atomic mass is 10.2. The second kappa shape index (κ2) is 8.11. The highest BCUT2D eigenvalue weighted by Gasteiger charge is 2.34. The Morgan fingerprint density at radius 1 is 1.31 bits per heavy atom. The topological polar surface area (TPSA) is 82.3 Å². The first-order valence-electron chi connectivity index (χ1n) is 7.57. The second-order valence-corrected chi connectivity index (χ2v) is 7.72. The van der Waals surface area contributed by atoms with Gasteiger partial charge in [-0.3, -0.25) is 19.3 Å². The third-order valence-corrected chi connectivity index (χ3v) is 5.17. The molecule has 3 rings (SSSR count). The van der Waals surface area contributed by atoms with E-state index in [1.807, 2.05) is 0 Å². The van der Waals surface area contributed by atoms with E-state index < -0.39 is 0 Å². The minimum atomic E-state index is -0.369. The Kier molecular flexibility index (Phi) is 5.85. The zero-order valence-corrected chi connectivity index (χ0v) is 16.5. The average molecular weight is 455 g/mol. The van der Waals surface area contributed by atoms with Gasteiger partial charge in [0.2, 0.25) is 0 Å². The number of aromatic nitrogens is 1. The van der Waals surface area contributed by atoms with Crippen LogP contribution < -0.4 is 5.32 Å². The summed E-state index contributed by atoms with van der Waals surface area (Å²) in [6, 6.07) is 8.61. The number of carbonyl (C=O) groups is 3. The van der Waals surface area contributed by atoms with Crippen molar-refractivity contribution in [3.05, 3.63) is 62.2 Å². The molecule has 0 saturated carbocycles. The summed E-state index contributed by atoms with van der Waals surface area (Å²) >= 11 is 9.97. The van der Waals surface area contributed by atoms with Crippen LogP contribution in [0.25, 0.3) is 6.08 Å². The van der Waals surface area contributed by atoms with Crippen LogP contribution in [-0.4, -0.2) is 40.0 Å². The summed E-state index contributed by atoms with van der Waals surface area (Å²) in [5.41, 5.74) is 1.18. The minimum Gasteiger partial charge on any atom is -0.356 e. The number of hydrogen-bond acceptors (Lipinski definition) is 4. The van der Waals surface area contributed by atoms with Crippen LogP contribution in [0, 0.1) is 0 Å². The van der Waals surface area contributed by atoms with Gasteiger partial charge in [-0.2, -0.15) is 0 Å². The Labute approximate surface area is 167 Å². The molecule has 9 heteroatoms. The summed E-state index contributed by atoms with van der Waals surface area (Å²) in [6.07, 6.45) is 3.29. The van der Waals surface area contributed by atoms with Crippen LogP contribution in [0.3, 0.4) is 0 Å². The van der Waals surface area contributed by atoms with Gasteiger partial charge in [0.05, 0.1) is 4.91 Å². The Morgan fingerprint density at radius 2 is 2.04 bits per heavy atom. The van der Waals surface area contributed by atoms with Crippen molar-refractivity contribution in [2.75, 3.05) is 13.1 Å². The maximum Gasteiger partial charge on any atom is 0.293 e. The molecule has 0 aliphatic carbocycles. The monoisotopic (exact) mass is 453 g/mol. The van der Waals surface area contributed by atoms with Gasteiger partial charge in [0.25, 0.3) is 17.1 Å². The van der Waals surface area contributed by atoms with Crippen LogP contribution in [-0.2, 0) is 4.79 Å². The molecule has 6 nitrogen and oxygen atoms in total. The highest BCUT2D eigenvalue weighted by Crippen LogP contribution is 2.32. The zero-order valence-electron chi connectivity index (χ0n) is 13.3. The van der Waals surface area contributed by atoms with E-state index in [1.165, 1.54) is 0 Å². The fourth-order valence-electron chi connectivity index (χ4n) is 2.28. The van der Waals surface area contributed by atoms with Crippen molar-refractivity contribution in [1.82, 2.24) is 15.2 Å². The molecule has 0 atom stereocenters. The molecular formula is C17H13BrClN3O3S. The largest absolute Gasteiger partial charge is 0.356 e. The number of benzene rings is 1. The van der Waals surface area contributed by atoms with Gasteiger partial charge in [-0.1, -0.05) is 23.7 Å². The number of carbonyl (C=O) groups excluding carboxylic acids is 3. The maximum absolute atomic E-state index is 12.4. The first-order chi connectivity index (χ1) is 12.4. The minimum absolute atomic E-state index is 0.107. The van der Waals surface area contributed by atoms with Crippen LogP contribution in [0.4, 0.5) is 4.79 Å². The summed E-state index contributed by atoms with van der Waals surface area (Å²) in [5, 5.41) is 2.91. The number of thioether (sulfide) groups is 1. The van der Waals surface area contributed by atoms with E-state index in [0.717, 1.165) is 26.7 Å². The molecule has 0 unspecified atom stereocenters. The maximum atomic E-state index is 12.4. The van der Waals surface area contributed by atoms with Crippen molar-refractivity contribution < 1.29 is 14.4 Å². The van der Waals surface area contributed by atoms with Crippen LogP contribution in [0.2, 0.25) is 5.02 Å². The van der Waals surface area contributed by atoms with E-state index in [0.29, 0.717) is 15.6 Å². The number of amides is 3. The molecule has 1 fully saturated rings. The molecule has 3 amide bonds. The highest BCUT2D eigenvalue weighted by molar-refractivity contribution is 9.10. The fourth-order valence-corrected chi connectivity index (χ4v) is 3.61. The van der Waals surface area contributed by atoms with E-state index in [2.05, 4.69) is 26.2 Å². The molecule has 1 aliphatic heterocycles. The number of hydrogen-bond donors (Lipinski definition) is 2. The van der Waals surface area contributed by atoms with Gasteiger partial charge >= 0.3 is 0 Å². The number of H-pyrrole nitrogens is 1. The van der Waals surface area contributed by atoms with Gasteiger partial charge in [0.1, 0.15) is 5.69 Å². The third-order valence-electron chi connectivity index (χ3n) is 3.55. The molecule has 2 N–H and O–H groups in total. The molecule has 26 heavy (non-hydrogen) atoms. The molecule has 0 bridgehead atoms. The van der Waals surface area contributed by atoms with Crippen LogP contribution >= 0.6 is 39.3 Å². The van der Waals surface area contributed by atoms with E-state index in [1.54, 1.807) is 42.6 Å². The Bertz CT molecular complexity index is 895. The molecule has 134 valence electrons. The highest BCUT2D eigenvalue weighted by atomic mass is 79.9. The number of aromatic amines is 1. The van der Waals surface area contributed by atoms with E-state index in [4.69, 9.17) is 11.6 Å². The number of imide groups is 1. The standard InChI is InChI=1S/C17H13BrClN3O3S/c18-11-8-13(21-9-11)15(23)20-5-6-22-16(24)14(26-17(22)25)7-10-1-3-12(19)4-2-10/h1-4,7-9,21H,5-6H2,(H,20,23)/b14-7-. The van der Waals surface area contributed by atoms with Gasteiger partial charge in [-0.15, -0.1) is 0 Å². The summed E-state index contributed by atoms with van der Waals surface area (Å²) in [7, 11) is 0. The van der Waals surface area contributed by atoms with Crippen molar-refractivity contribution in [2.24, 2.45) is 0 Å². The van der Waals surface area contributed by atoms with Crippen molar-refractivity contribution in [1.29, 1.82) is 0 Å². The molecule has 1 aliphatic rings. The second-order valence-electron chi connectivity index (χ2n) is 5.37. The van der Waals surface area contributed by atoms with Crippen LogP contribution in [0.1, 0.15) is 16.1 Å². The lowest BCUT2D eigenvalue weighted by molar-refractivity contribution is -0.122. The Morgan fingerprint density at radius 3 is 2.69 bits per heavy atom. The molecule has 1 aromatic heterocycles. The SMILES string of the molecule is O=C(NCCN1C(=O)S/C(=C\c2ccc(Cl)cc2)C1=O)c1cc(Br)c[nH]1. The zero-order chi connectivity index (χ0) is 18.7. The average Bonchev–Trinajstić information content (AvgIpc) is 3.15. The van der Waals surface area contributed by atoms with Crippen LogP contribution in [0.5, 0.6) is 0 Å². The smallest absolute Gasteiger partial charge is 0.293 e. The summed E-state index contributed by atoms with van der Waals surface area (Å²) in [5.74, 6) is -0.675. The number of halogens is 2. The van der Waals surface area contributed by atoms with Crippen molar-refractivity contribution in [3.8, 4) is 0 Å². The molecule has 0 spiro atoms. The van der Waals surface area contributed by atoms with E-state index >= 15 is 0 Å². The predicted molar refractivity (Wildman–Crippen MR) is 105 cm³/mol. The number of nitrogens with one attached hydrogen (secondary N) is 2. The normalized spacial score (nSPS) is 15.8. The molecule has 2 aromatic rings. The lowest BCUT2D eigenvalue weighted by Crippen LogP contribution is -2.37. The Balaban J connectivity index is 1.58. The lowest BCUT2D eigenvalue weighted by Gasteiger charge is -2.12. The van der Waals surface area contributed by atoms with Gasteiger partial charge in [0, 0.05) is 28.8 Å². The third kappa shape index (κ3) is 4.38. The molecule has 2 heterocycles. The van der Waals surface area contributed by atoms with Gasteiger partial charge in [-0.05, 0) is 57.5 Å². The van der Waals surface area contributed by atoms with Crippen molar-refractivity contribution >= 4 is 62.4 Å². The Hall–Kier alpha value is -2.03. The van der Waals surface area contributed by atoms with E-state index in [-0.39, 0.29) is 30.1 Å². The van der Waals surface area contributed by atoms with Crippen molar-refractivity contribution in [3.63, 3.8) is 0 Å². The summed E-state index contributed by atoms with van der Waals surface area (Å²) in [6.45, 7) is 0.276. The first kappa shape index (κ1) is 18.8. The first-order valence-corrected chi connectivity index (χ1v) is 9.56. The number of rotatable bonds is 5. The van der Waals surface area contributed by atoms with Gasteiger partial charge < -0.3 is 10.3 Å². The predicted octanol–water partition coefficient (Wildman–Crippen LogP) is 3.90. The summed E-state index contributed by atoms with van der Waals surface area (Å²) in [4.78, 5) is 40.7. The molecule has 0 radical (unpaired) electrons. The fraction of sp³-hybridized carbons (Fsp3) is 0.118. The van der Waals surface area contributed by atoms with Gasteiger partial charge in [-0.25, -0.2) is 0 Å². The van der Waals surface area contributed by atoms with E-state index in [9.17, 15) is 14.4 Å². The summed E-state index contributed by atoms with van der Waals surface area (Å²) < 4.78 is 0.765. The van der Waals surface area contributed by atoms with Gasteiger partial charge in [0.15, 0.2) is 0 Å². The molecule has 1 saturated heterocycles. The quantitative estimate of drug-likeness (QED) is 0.671. The van der Waals surface area contributed by atoms with Crippen LogP contribution in [0.15, 0.2) is 45.9 Å². The molecule has 1 aromatic carbocycles. The number of nitrogens with zero attached hydrogens (tertiary/aromatic N) is 1.